The van der Waals surface area contributed by atoms with Gasteiger partial charge in [0.15, 0.2) is 0 Å². The second-order valence-corrected chi connectivity index (χ2v) is 10.7. The maximum absolute atomic E-state index is 14.1. The molecule has 0 radical (unpaired) electrons. The van der Waals surface area contributed by atoms with E-state index in [1.807, 2.05) is 24.3 Å². The number of benzene rings is 1. The van der Waals surface area contributed by atoms with Gasteiger partial charge >= 0.3 is 0 Å². The Hall–Kier alpha value is -4.70. The number of nitrogens with two attached hydrogens (primary N) is 1. The summed E-state index contributed by atoms with van der Waals surface area (Å²) in [6.07, 6.45) is 7.94. The molecule has 3 heterocycles. The van der Waals surface area contributed by atoms with Gasteiger partial charge in [0.1, 0.15) is 23.2 Å². The van der Waals surface area contributed by atoms with Crippen molar-refractivity contribution in [2.24, 2.45) is 5.90 Å². The summed E-state index contributed by atoms with van der Waals surface area (Å²) in [4.78, 5) is 42.0. The predicted octanol–water partition coefficient (Wildman–Crippen LogP) is 5.09. The van der Waals surface area contributed by atoms with Crippen molar-refractivity contribution >= 4 is 23.7 Å². The van der Waals surface area contributed by atoms with Crippen molar-refractivity contribution in [1.29, 1.82) is 0 Å². The summed E-state index contributed by atoms with van der Waals surface area (Å²) in [5.41, 5.74) is 3.63. The van der Waals surface area contributed by atoms with Crippen molar-refractivity contribution in [2.45, 2.75) is 45.1 Å². The number of hydrogen-bond donors (Lipinski definition) is 2. The quantitative estimate of drug-likeness (QED) is 0.169. The predicted molar refractivity (Wildman–Crippen MR) is 154 cm³/mol. The number of hydrogen-bond acceptors (Lipinski definition) is 6. The molecule has 0 saturated heterocycles. The molecule has 2 amide bonds. The molecule has 0 fully saturated rings. The summed E-state index contributed by atoms with van der Waals surface area (Å²) in [6, 6.07) is 8.20. The van der Waals surface area contributed by atoms with Gasteiger partial charge in [0, 0.05) is 42.7 Å². The van der Waals surface area contributed by atoms with Crippen LogP contribution in [-0.4, -0.2) is 33.2 Å². The molecule has 0 bridgehead atoms. The highest BCUT2D eigenvalue weighted by Gasteiger charge is 2.51. The van der Waals surface area contributed by atoms with E-state index in [2.05, 4.69) is 21.9 Å². The molecule has 3 N–H and O–H groups in total. The Morgan fingerprint density at radius 2 is 1.95 bits per heavy atom. The zero-order valence-corrected chi connectivity index (χ0v) is 23.6. The fraction of sp³-hybridized carbons (Fsp3) is 0.250. The van der Waals surface area contributed by atoms with Crippen LogP contribution in [-0.2, 0) is 32.7 Å². The number of nitrogens with one attached hydrogen (secondary N) is 1. The number of nitrogens with zero attached hydrogens (tertiary/aromatic N) is 3. The summed E-state index contributed by atoms with van der Waals surface area (Å²) in [6.45, 7) is 8.85. The van der Waals surface area contributed by atoms with Crippen molar-refractivity contribution < 1.29 is 23.2 Å². The molecule has 2 aromatic heterocycles. The number of pyridine rings is 2. The van der Waals surface area contributed by atoms with E-state index in [1.165, 1.54) is 17.0 Å². The number of carbonyl (C=O) groups is 2. The Morgan fingerprint density at radius 1 is 1.21 bits per heavy atom. The number of rotatable bonds is 8. The lowest BCUT2D eigenvalue weighted by Crippen LogP contribution is -2.36. The summed E-state index contributed by atoms with van der Waals surface area (Å²) >= 11 is 0. The molecule has 10 heteroatoms. The minimum Gasteiger partial charge on any atom is -0.415 e. The molecule has 5 rings (SSSR count). The topological polar surface area (TPSA) is 110 Å². The number of carbonyl (C=O) groups excluding carboxylic acids is 2. The molecule has 0 unspecified atom stereocenters. The van der Waals surface area contributed by atoms with Gasteiger partial charge in [-0.05, 0) is 73.7 Å². The van der Waals surface area contributed by atoms with E-state index in [0.717, 1.165) is 28.5 Å². The Balaban J connectivity index is 1.42. The van der Waals surface area contributed by atoms with Crippen LogP contribution in [0.25, 0.3) is 6.08 Å². The summed E-state index contributed by atoms with van der Waals surface area (Å²) < 4.78 is 28.1. The van der Waals surface area contributed by atoms with Crippen LogP contribution in [0.1, 0.15) is 54.8 Å². The average Bonchev–Trinajstić information content (AvgIpc) is 3.46. The van der Waals surface area contributed by atoms with Gasteiger partial charge in [-0.3, -0.25) is 14.6 Å². The van der Waals surface area contributed by atoms with Gasteiger partial charge < -0.3 is 15.1 Å². The Morgan fingerprint density at radius 3 is 2.64 bits per heavy atom. The first-order valence-electron chi connectivity index (χ1n) is 13.5. The molecule has 42 heavy (non-hydrogen) atoms. The maximum Gasteiger partial charge on any atom is 0.258 e. The molecule has 2 atom stereocenters. The fourth-order valence-electron chi connectivity index (χ4n) is 5.78. The van der Waals surface area contributed by atoms with Crippen LogP contribution in [0.5, 0.6) is 0 Å². The van der Waals surface area contributed by atoms with E-state index in [1.54, 1.807) is 39.2 Å². The molecule has 216 valence electrons. The van der Waals surface area contributed by atoms with Crippen LogP contribution in [0.2, 0.25) is 0 Å². The van der Waals surface area contributed by atoms with Gasteiger partial charge in [-0.1, -0.05) is 24.8 Å². The monoisotopic (exact) mass is 571 g/mol. The Bertz CT molecular complexity index is 1650. The first-order chi connectivity index (χ1) is 20.0. The maximum atomic E-state index is 14.1. The zero-order chi connectivity index (χ0) is 30.2. The highest BCUT2D eigenvalue weighted by molar-refractivity contribution is 6.06. The van der Waals surface area contributed by atoms with Crippen LogP contribution in [0.3, 0.4) is 0 Å². The third-order valence-corrected chi connectivity index (χ3v) is 7.91. The highest BCUT2D eigenvalue weighted by atomic mass is 19.1. The number of anilines is 1. The van der Waals surface area contributed by atoms with Gasteiger partial charge in [0.2, 0.25) is 5.91 Å². The third-order valence-electron chi connectivity index (χ3n) is 7.91. The first kappa shape index (κ1) is 28.8. The van der Waals surface area contributed by atoms with E-state index < -0.39 is 29.0 Å². The molecular formula is C32H31F2N5O3. The van der Waals surface area contributed by atoms with E-state index >= 15 is 0 Å². The second kappa shape index (κ2) is 11.3. The number of fused-ring (bicyclic) bond motifs is 3. The molecule has 1 aliphatic heterocycles. The van der Waals surface area contributed by atoms with Crippen LogP contribution in [0, 0.1) is 11.6 Å². The number of halogens is 2. The summed E-state index contributed by atoms with van der Waals surface area (Å²) in [5, 5.41) is 2.89. The van der Waals surface area contributed by atoms with Crippen molar-refractivity contribution in [3.05, 3.63) is 118 Å². The number of allylic oxidation sites excluding steroid dienone is 1. The minimum absolute atomic E-state index is 0.0821. The van der Waals surface area contributed by atoms with Crippen molar-refractivity contribution in [2.75, 3.05) is 11.9 Å². The van der Waals surface area contributed by atoms with E-state index in [4.69, 9.17) is 10.7 Å². The SMILES string of the molecule is C=C(C)/C(C(=O)N(C/C=C/c1cnc2c(c1)C[C@@]1(C2)C(=O)Nc2ncccc21)[C@H](C)c1cc(F)cc(F)c1)=C(/C)ON. The van der Waals surface area contributed by atoms with Crippen LogP contribution >= 0.6 is 0 Å². The minimum atomic E-state index is -0.742. The first-order valence-corrected chi connectivity index (χ1v) is 13.5. The Kier molecular flexibility index (Phi) is 7.74. The van der Waals surface area contributed by atoms with Crippen molar-refractivity contribution in [3.63, 3.8) is 0 Å². The second-order valence-electron chi connectivity index (χ2n) is 10.7. The number of amides is 2. The van der Waals surface area contributed by atoms with E-state index in [-0.39, 0.29) is 29.3 Å². The van der Waals surface area contributed by atoms with Gasteiger partial charge in [0.25, 0.3) is 5.91 Å². The van der Waals surface area contributed by atoms with E-state index in [0.29, 0.717) is 24.2 Å². The van der Waals surface area contributed by atoms with Crippen LogP contribution < -0.4 is 11.2 Å². The molecule has 2 aliphatic rings. The lowest BCUT2D eigenvalue weighted by Gasteiger charge is -2.30. The van der Waals surface area contributed by atoms with Gasteiger partial charge in [-0.25, -0.2) is 13.8 Å². The van der Waals surface area contributed by atoms with Crippen molar-refractivity contribution in [3.8, 4) is 0 Å². The largest absolute Gasteiger partial charge is 0.415 e. The van der Waals surface area contributed by atoms with Crippen LogP contribution in [0.15, 0.2) is 78.4 Å². The average molecular weight is 572 g/mol. The zero-order valence-electron chi connectivity index (χ0n) is 23.6. The fourth-order valence-corrected chi connectivity index (χ4v) is 5.78. The number of aromatic nitrogens is 2. The normalized spacial score (nSPS) is 18.4. The molecule has 1 spiro atoms. The van der Waals surface area contributed by atoms with Gasteiger partial charge in [0.05, 0.1) is 17.0 Å². The molecular weight excluding hydrogens is 540 g/mol. The van der Waals surface area contributed by atoms with Crippen molar-refractivity contribution in [1.82, 2.24) is 14.9 Å². The molecule has 0 saturated carbocycles. The third kappa shape index (κ3) is 5.21. The highest BCUT2D eigenvalue weighted by Crippen LogP contribution is 2.46. The summed E-state index contributed by atoms with van der Waals surface area (Å²) in [7, 11) is 0. The standard InChI is InChI=1S/C32H31F2N5O3/c1-18(2)28(20(4)42-35)30(40)39(19(3)22-12-24(33)14-25(34)13-22)10-6-7-21-11-23-15-32(16-27(23)37-17-21)26-8-5-9-36-29(26)38-31(32)41/h5-9,11-14,17,19H,1,10,15-16,35H2,2-4H3,(H,36,38,41)/b7-6+,28-20+/t19-,32+/m1/s1. The molecule has 1 aromatic carbocycles. The smallest absolute Gasteiger partial charge is 0.258 e. The molecule has 3 aromatic rings. The lowest BCUT2D eigenvalue weighted by atomic mass is 9.80. The molecule has 1 aliphatic carbocycles. The van der Waals surface area contributed by atoms with Crippen LogP contribution in [0.4, 0.5) is 14.6 Å². The van der Waals surface area contributed by atoms with E-state index in [9.17, 15) is 18.4 Å². The lowest BCUT2D eigenvalue weighted by molar-refractivity contribution is -0.128. The summed E-state index contributed by atoms with van der Waals surface area (Å²) in [5.74, 6) is 4.09. The van der Waals surface area contributed by atoms with Gasteiger partial charge in [-0.15, -0.1) is 0 Å². The molecule has 8 nitrogen and oxygen atoms in total. The Labute approximate surface area is 242 Å². The van der Waals surface area contributed by atoms with Gasteiger partial charge in [-0.2, -0.15) is 5.90 Å².